The maximum atomic E-state index is 12.4. The van der Waals surface area contributed by atoms with Gasteiger partial charge in [-0.15, -0.1) is 11.3 Å². The van der Waals surface area contributed by atoms with Gasteiger partial charge in [0.15, 0.2) is 0 Å². The molecule has 0 aliphatic rings. The zero-order valence-corrected chi connectivity index (χ0v) is 17.0. The molecule has 3 aromatic rings. The molecule has 0 fully saturated rings. The third-order valence-electron chi connectivity index (χ3n) is 4.16. The molecule has 0 saturated heterocycles. The lowest BCUT2D eigenvalue weighted by molar-refractivity contribution is -0.384. The summed E-state index contributed by atoms with van der Waals surface area (Å²) in [7, 11) is -3.73. The number of benzene rings is 2. The summed E-state index contributed by atoms with van der Waals surface area (Å²) < 4.78 is 27.3. The molecule has 9 heteroatoms. The molecule has 0 bridgehead atoms. The fraction of sp³-hybridized carbons (Fsp3) is 0.211. The second-order valence-corrected chi connectivity index (χ2v) is 9.15. The highest BCUT2D eigenvalue weighted by Crippen LogP contribution is 2.28. The molecule has 7 nitrogen and oxygen atoms in total. The van der Waals surface area contributed by atoms with Crippen molar-refractivity contribution in [2.24, 2.45) is 0 Å². The largest absolute Gasteiger partial charge is 0.269 e. The van der Waals surface area contributed by atoms with Crippen molar-refractivity contribution >= 4 is 27.0 Å². The molecule has 3 rings (SSSR count). The van der Waals surface area contributed by atoms with Crippen molar-refractivity contribution < 1.29 is 13.3 Å². The van der Waals surface area contributed by atoms with Gasteiger partial charge in [-0.05, 0) is 38.5 Å². The molecule has 0 atom stereocenters. The van der Waals surface area contributed by atoms with Crippen molar-refractivity contribution in [1.29, 1.82) is 0 Å². The number of hydrogen-bond acceptors (Lipinski definition) is 6. The van der Waals surface area contributed by atoms with E-state index in [1.54, 1.807) is 11.3 Å². The highest BCUT2D eigenvalue weighted by atomic mass is 32.2. The number of aromatic nitrogens is 1. The topological polar surface area (TPSA) is 102 Å². The molecule has 1 N–H and O–H groups in total. The van der Waals surface area contributed by atoms with Gasteiger partial charge in [0.05, 0.1) is 15.5 Å². The van der Waals surface area contributed by atoms with E-state index >= 15 is 0 Å². The lowest BCUT2D eigenvalue weighted by Gasteiger charge is -2.06. The quantitative estimate of drug-likeness (QED) is 0.465. The number of sulfonamides is 1. The summed E-state index contributed by atoms with van der Waals surface area (Å²) in [5.74, 6) is 0. The van der Waals surface area contributed by atoms with E-state index in [1.807, 2.05) is 32.0 Å². The normalized spacial score (nSPS) is 11.5. The average molecular weight is 418 g/mol. The Morgan fingerprint density at radius 2 is 1.86 bits per heavy atom. The van der Waals surface area contributed by atoms with Crippen LogP contribution in [0.5, 0.6) is 0 Å². The smallest absolute Gasteiger partial charge is 0.258 e. The number of thiazole rings is 1. The first-order chi connectivity index (χ1) is 13.3. The fourth-order valence-corrected chi connectivity index (χ4v) is 4.78. The van der Waals surface area contributed by atoms with Crippen molar-refractivity contribution in [1.82, 2.24) is 9.71 Å². The average Bonchev–Trinajstić information content (AvgIpc) is 3.02. The molecular formula is C19H19N3O4S2. The van der Waals surface area contributed by atoms with Crippen LogP contribution in [0.1, 0.15) is 16.1 Å². The summed E-state index contributed by atoms with van der Waals surface area (Å²) in [4.78, 5) is 15.7. The van der Waals surface area contributed by atoms with E-state index < -0.39 is 14.9 Å². The van der Waals surface area contributed by atoms with Gasteiger partial charge in [-0.3, -0.25) is 10.1 Å². The fourth-order valence-electron chi connectivity index (χ4n) is 2.69. The Hall–Kier alpha value is -2.62. The van der Waals surface area contributed by atoms with E-state index in [1.165, 1.54) is 24.3 Å². The van der Waals surface area contributed by atoms with E-state index in [2.05, 4.69) is 15.8 Å². The summed E-state index contributed by atoms with van der Waals surface area (Å²) in [5.41, 5.74) is 2.94. The molecule has 0 saturated carbocycles. The van der Waals surface area contributed by atoms with E-state index in [0.29, 0.717) is 6.42 Å². The molecule has 1 aromatic heterocycles. The van der Waals surface area contributed by atoms with Crippen LogP contribution < -0.4 is 4.72 Å². The number of aryl methyl sites for hydroxylation is 2. The van der Waals surface area contributed by atoms with Crippen LogP contribution in [-0.2, 0) is 16.4 Å². The number of rotatable bonds is 7. The zero-order chi connectivity index (χ0) is 20.3. The Labute approximate surface area is 167 Å². The number of non-ortho nitro benzene ring substituents is 1. The number of nitro groups is 1. The van der Waals surface area contributed by atoms with Gasteiger partial charge in [0, 0.05) is 29.1 Å². The van der Waals surface area contributed by atoms with Crippen LogP contribution in [0.3, 0.4) is 0 Å². The second-order valence-electron chi connectivity index (χ2n) is 6.30. The van der Waals surface area contributed by atoms with Crippen molar-refractivity contribution in [2.75, 3.05) is 6.54 Å². The van der Waals surface area contributed by atoms with E-state index in [4.69, 9.17) is 0 Å². The Morgan fingerprint density at radius 3 is 2.50 bits per heavy atom. The Kier molecular flexibility index (Phi) is 5.87. The van der Waals surface area contributed by atoms with Gasteiger partial charge in [-0.1, -0.05) is 23.8 Å². The first kappa shape index (κ1) is 20.1. The van der Waals surface area contributed by atoms with Gasteiger partial charge in [-0.25, -0.2) is 18.1 Å². The Balaban J connectivity index is 1.67. The van der Waals surface area contributed by atoms with Crippen LogP contribution in [0.15, 0.2) is 53.4 Å². The van der Waals surface area contributed by atoms with Gasteiger partial charge < -0.3 is 0 Å². The minimum atomic E-state index is -3.73. The molecular weight excluding hydrogens is 398 g/mol. The lowest BCUT2D eigenvalue weighted by Crippen LogP contribution is -2.25. The van der Waals surface area contributed by atoms with Gasteiger partial charge in [-0.2, -0.15) is 0 Å². The van der Waals surface area contributed by atoms with E-state index in [0.717, 1.165) is 26.7 Å². The predicted molar refractivity (Wildman–Crippen MR) is 109 cm³/mol. The third-order valence-corrected chi connectivity index (χ3v) is 6.90. The summed E-state index contributed by atoms with van der Waals surface area (Å²) in [6.07, 6.45) is 0.515. The molecule has 0 radical (unpaired) electrons. The van der Waals surface area contributed by atoms with Crippen LogP contribution in [0.25, 0.3) is 10.6 Å². The van der Waals surface area contributed by atoms with Crippen LogP contribution in [-0.4, -0.2) is 24.9 Å². The number of nitrogens with zero attached hydrogens (tertiary/aromatic N) is 2. The van der Waals surface area contributed by atoms with Crippen LogP contribution in [0, 0.1) is 24.0 Å². The van der Waals surface area contributed by atoms with Gasteiger partial charge in [0.25, 0.3) is 5.69 Å². The molecule has 28 heavy (non-hydrogen) atoms. The summed E-state index contributed by atoms with van der Waals surface area (Å²) in [6, 6.07) is 12.9. The molecule has 1 heterocycles. The number of nitro benzene ring substituents is 1. The number of hydrogen-bond donors (Lipinski definition) is 1. The Bertz CT molecular complexity index is 1110. The zero-order valence-electron chi connectivity index (χ0n) is 15.4. The summed E-state index contributed by atoms with van der Waals surface area (Å²) >= 11 is 1.55. The molecule has 0 aliphatic carbocycles. The van der Waals surface area contributed by atoms with Crippen molar-refractivity contribution in [3.05, 3.63) is 74.8 Å². The highest BCUT2D eigenvalue weighted by Gasteiger charge is 2.16. The van der Waals surface area contributed by atoms with Gasteiger partial charge >= 0.3 is 0 Å². The number of nitrogens with one attached hydrogen (secondary N) is 1. The van der Waals surface area contributed by atoms with Gasteiger partial charge in [0.2, 0.25) is 10.0 Å². The molecule has 0 spiro atoms. The molecule has 0 amide bonds. The van der Waals surface area contributed by atoms with Crippen LogP contribution >= 0.6 is 11.3 Å². The minimum absolute atomic E-state index is 0.000392. The molecule has 146 valence electrons. The maximum Gasteiger partial charge on any atom is 0.269 e. The van der Waals surface area contributed by atoms with Gasteiger partial charge in [0.1, 0.15) is 5.01 Å². The standard InChI is InChI=1S/C19H19N3O4S2/c1-13-4-3-5-15(12-13)19-21-14(2)18(27-19)10-11-20-28(25,26)17-8-6-16(7-9-17)22(23)24/h3-9,12,20H,10-11H2,1-2H3. The van der Waals surface area contributed by atoms with E-state index in [9.17, 15) is 18.5 Å². The summed E-state index contributed by atoms with van der Waals surface area (Å²) in [5, 5.41) is 11.6. The monoisotopic (exact) mass is 417 g/mol. The third kappa shape index (κ3) is 4.61. The predicted octanol–water partition coefficient (Wildman–Crippen LogP) is 3.86. The second kappa shape index (κ2) is 8.17. The van der Waals surface area contributed by atoms with Crippen LogP contribution in [0.2, 0.25) is 0 Å². The molecule has 0 aliphatic heterocycles. The first-order valence-electron chi connectivity index (χ1n) is 8.54. The van der Waals surface area contributed by atoms with Crippen LogP contribution in [0.4, 0.5) is 5.69 Å². The Morgan fingerprint density at radius 1 is 1.14 bits per heavy atom. The molecule has 0 unspecified atom stereocenters. The van der Waals surface area contributed by atoms with Crippen molar-refractivity contribution in [3.8, 4) is 10.6 Å². The highest BCUT2D eigenvalue weighted by molar-refractivity contribution is 7.89. The lowest BCUT2D eigenvalue weighted by atomic mass is 10.1. The summed E-state index contributed by atoms with van der Waals surface area (Å²) in [6.45, 7) is 4.16. The van der Waals surface area contributed by atoms with E-state index in [-0.39, 0.29) is 17.1 Å². The first-order valence-corrected chi connectivity index (χ1v) is 10.8. The SMILES string of the molecule is Cc1cccc(-c2nc(C)c(CCNS(=O)(=O)c3ccc([N+](=O)[O-])cc3)s2)c1. The van der Waals surface area contributed by atoms with Crippen molar-refractivity contribution in [2.45, 2.75) is 25.2 Å². The minimum Gasteiger partial charge on any atom is -0.258 e. The van der Waals surface area contributed by atoms with Crippen molar-refractivity contribution in [3.63, 3.8) is 0 Å². The molecule has 2 aromatic carbocycles. The maximum absolute atomic E-state index is 12.4.